The number of hydrogen-bond acceptors (Lipinski definition) is 5. The molecule has 1 fully saturated rings. The van der Waals surface area contributed by atoms with Gasteiger partial charge in [-0.05, 0) is 49.9 Å². The van der Waals surface area contributed by atoms with Crippen LogP contribution < -0.4 is 0 Å². The predicted octanol–water partition coefficient (Wildman–Crippen LogP) is 3.14. The Morgan fingerprint density at radius 1 is 1.40 bits per heavy atom. The van der Waals surface area contributed by atoms with Crippen molar-refractivity contribution < 1.29 is 4.79 Å². The van der Waals surface area contributed by atoms with Gasteiger partial charge in [0.2, 0.25) is 0 Å². The molecule has 0 N–H and O–H groups in total. The Morgan fingerprint density at radius 3 is 3.04 bits per heavy atom. The highest BCUT2D eigenvalue weighted by Crippen LogP contribution is 2.22. The third kappa shape index (κ3) is 4.25. The summed E-state index contributed by atoms with van der Waals surface area (Å²) in [6.07, 6.45) is 4.83. The second kappa shape index (κ2) is 8.24. The highest BCUT2D eigenvalue weighted by molar-refractivity contribution is 7.12. The molecule has 1 aliphatic rings. The average Bonchev–Trinajstić information content (AvgIpc) is 2.97. The molecule has 0 spiro atoms. The highest BCUT2D eigenvalue weighted by atomic mass is 32.1. The number of aromatic nitrogens is 1. The first-order chi connectivity index (χ1) is 12.2. The van der Waals surface area contributed by atoms with Crippen molar-refractivity contribution in [1.29, 1.82) is 5.26 Å². The van der Waals surface area contributed by atoms with Crippen molar-refractivity contribution in [2.24, 2.45) is 0 Å². The number of nitriles is 1. The summed E-state index contributed by atoms with van der Waals surface area (Å²) >= 11 is 1.36. The van der Waals surface area contributed by atoms with Crippen molar-refractivity contribution in [3.63, 3.8) is 0 Å². The lowest BCUT2D eigenvalue weighted by atomic mass is 10.1. The van der Waals surface area contributed by atoms with E-state index in [9.17, 15) is 4.79 Å². The molecule has 0 unspecified atom stereocenters. The summed E-state index contributed by atoms with van der Waals surface area (Å²) in [5.41, 5.74) is 1.56. The Hall–Kier alpha value is -2.23. The van der Waals surface area contributed by atoms with Crippen LogP contribution in [0.15, 0.2) is 35.8 Å². The molecule has 0 aromatic carbocycles. The normalized spacial score (nSPS) is 18.0. The van der Waals surface area contributed by atoms with E-state index in [0.717, 1.165) is 44.6 Å². The van der Waals surface area contributed by atoms with Gasteiger partial charge >= 0.3 is 0 Å². The first kappa shape index (κ1) is 17.6. The van der Waals surface area contributed by atoms with Crippen LogP contribution in [0.4, 0.5) is 0 Å². The maximum atomic E-state index is 12.7. The number of nitrogens with zero attached hydrogens (tertiary/aromatic N) is 4. The zero-order chi connectivity index (χ0) is 17.6. The van der Waals surface area contributed by atoms with Crippen molar-refractivity contribution in [2.75, 3.05) is 20.1 Å². The van der Waals surface area contributed by atoms with Gasteiger partial charge in [0.1, 0.15) is 10.9 Å². The van der Waals surface area contributed by atoms with E-state index < -0.39 is 0 Å². The molecule has 1 aliphatic heterocycles. The van der Waals surface area contributed by atoms with E-state index in [1.54, 1.807) is 6.07 Å². The molecule has 3 rings (SSSR count). The summed E-state index contributed by atoms with van der Waals surface area (Å²) in [5.74, 6) is -0.000390. The van der Waals surface area contributed by atoms with Gasteiger partial charge < -0.3 is 4.90 Å². The van der Waals surface area contributed by atoms with E-state index in [1.165, 1.54) is 11.3 Å². The summed E-state index contributed by atoms with van der Waals surface area (Å²) in [6, 6.07) is 10.3. The molecule has 0 bridgehead atoms. The molecule has 130 valence electrons. The number of rotatable bonds is 4. The quantitative estimate of drug-likeness (QED) is 0.846. The number of carbonyl (C=O) groups is 1. The lowest BCUT2D eigenvalue weighted by Crippen LogP contribution is -2.35. The number of pyridine rings is 1. The van der Waals surface area contributed by atoms with E-state index in [1.807, 2.05) is 34.7 Å². The first-order valence-corrected chi connectivity index (χ1v) is 9.44. The van der Waals surface area contributed by atoms with Gasteiger partial charge in [-0.1, -0.05) is 6.07 Å². The van der Waals surface area contributed by atoms with Gasteiger partial charge in [0.25, 0.3) is 5.91 Å². The number of amides is 1. The van der Waals surface area contributed by atoms with Crippen molar-refractivity contribution in [1.82, 2.24) is 14.8 Å². The van der Waals surface area contributed by atoms with E-state index >= 15 is 0 Å². The van der Waals surface area contributed by atoms with Crippen LogP contribution >= 0.6 is 11.3 Å². The van der Waals surface area contributed by atoms with Crippen molar-refractivity contribution in [3.05, 3.63) is 52.0 Å². The van der Waals surface area contributed by atoms with Crippen LogP contribution in [-0.2, 0) is 6.54 Å². The molecule has 5 nitrogen and oxygen atoms in total. The van der Waals surface area contributed by atoms with Gasteiger partial charge in [0.05, 0.1) is 11.3 Å². The first-order valence-electron chi connectivity index (χ1n) is 8.56. The van der Waals surface area contributed by atoms with Crippen LogP contribution in [0, 0.1) is 11.3 Å². The van der Waals surface area contributed by atoms with Crippen molar-refractivity contribution in [2.45, 2.75) is 31.8 Å². The van der Waals surface area contributed by atoms with Crippen LogP contribution in [0.25, 0.3) is 0 Å². The lowest BCUT2D eigenvalue weighted by molar-refractivity contribution is 0.0762. The topological polar surface area (TPSA) is 60.2 Å². The van der Waals surface area contributed by atoms with E-state index in [0.29, 0.717) is 16.5 Å². The van der Waals surface area contributed by atoms with Gasteiger partial charge in [-0.3, -0.25) is 14.7 Å². The molecule has 1 amide bonds. The minimum Gasteiger partial charge on any atom is -0.338 e. The summed E-state index contributed by atoms with van der Waals surface area (Å²) in [6.45, 7) is 2.32. The lowest BCUT2D eigenvalue weighted by Gasteiger charge is -2.27. The Kier molecular flexibility index (Phi) is 5.79. The molecular formula is C19H22N4OS. The fraction of sp³-hybridized carbons (Fsp3) is 0.421. The molecule has 2 aromatic heterocycles. The summed E-state index contributed by atoms with van der Waals surface area (Å²) in [7, 11) is 2.13. The Balaban J connectivity index is 1.60. The fourth-order valence-electron chi connectivity index (χ4n) is 3.31. The van der Waals surface area contributed by atoms with Crippen LogP contribution in [-0.4, -0.2) is 46.9 Å². The molecule has 2 aromatic rings. The molecule has 1 saturated heterocycles. The fourth-order valence-corrected chi connectivity index (χ4v) is 4.12. The third-order valence-electron chi connectivity index (χ3n) is 4.73. The summed E-state index contributed by atoms with van der Waals surface area (Å²) in [5, 5.41) is 11.0. The SMILES string of the molecule is CN(Cc1ccccn1)[C@@H]1CCCN(C(=O)c2sccc2C#N)CC1. The zero-order valence-electron chi connectivity index (χ0n) is 14.4. The number of likely N-dealkylation sites (tertiary alicyclic amines) is 1. The summed E-state index contributed by atoms with van der Waals surface area (Å²) < 4.78 is 0. The molecule has 25 heavy (non-hydrogen) atoms. The molecule has 3 heterocycles. The van der Waals surface area contributed by atoms with Crippen LogP contribution in [0.2, 0.25) is 0 Å². The maximum Gasteiger partial charge on any atom is 0.265 e. The largest absolute Gasteiger partial charge is 0.338 e. The van der Waals surface area contributed by atoms with Gasteiger partial charge in [0.15, 0.2) is 0 Å². The minimum absolute atomic E-state index is 0.000390. The minimum atomic E-state index is -0.000390. The van der Waals surface area contributed by atoms with Gasteiger partial charge in [-0.2, -0.15) is 5.26 Å². The molecule has 0 saturated carbocycles. The van der Waals surface area contributed by atoms with Crippen LogP contribution in [0.3, 0.4) is 0 Å². The second-order valence-corrected chi connectivity index (χ2v) is 7.30. The Morgan fingerprint density at radius 2 is 2.28 bits per heavy atom. The van der Waals surface area contributed by atoms with E-state index in [-0.39, 0.29) is 5.91 Å². The Bertz CT molecular complexity index is 752. The highest BCUT2D eigenvalue weighted by Gasteiger charge is 2.25. The predicted molar refractivity (Wildman–Crippen MR) is 98.3 cm³/mol. The van der Waals surface area contributed by atoms with Gasteiger partial charge in [-0.15, -0.1) is 11.3 Å². The molecular weight excluding hydrogens is 332 g/mol. The maximum absolute atomic E-state index is 12.7. The number of thiophene rings is 1. The zero-order valence-corrected chi connectivity index (χ0v) is 15.2. The smallest absolute Gasteiger partial charge is 0.265 e. The molecule has 0 radical (unpaired) electrons. The number of carbonyl (C=O) groups excluding carboxylic acids is 1. The number of hydrogen-bond donors (Lipinski definition) is 0. The molecule has 0 aliphatic carbocycles. The van der Waals surface area contributed by atoms with Gasteiger partial charge in [0, 0.05) is 31.9 Å². The van der Waals surface area contributed by atoms with E-state index in [4.69, 9.17) is 5.26 Å². The van der Waals surface area contributed by atoms with Crippen molar-refractivity contribution in [3.8, 4) is 6.07 Å². The summed E-state index contributed by atoms with van der Waals surface area (Å²) in [4.78, 5) is 21.9. The molecule has 6 heteroatoms. The molecule has 1 atom stereocenters. The monoisotopic (exact) mass is 354 g/mol. The average molecular weight is 354 g/mol. The standard InChI is InChI=1S/C19H22N4OS/c1-22(14-16-5-2-3-9-21-16)17-6-4-10-23(11-7-17)19(24)18-15(13-20)8-12-25-18/h2-3,5,8-9,12,17H,4,6-7,10-11,14H2,1H3/t17-/m1/s1. The van der Waals surface area contributed by atoms with E-state index in [2.05, 4.69) is 23.0 Å². The third-order valence-corrected chi connectivity index (χ3v) is 5.63. The van der Waals surface area contributed by atoms with Crippen LogP contribution in [0.1, 0.15) is 40.2 Å². The van der Waals surface area contributed by atoms with Crippen molar-refractivity contribution >= 4 is 17.2 Å². The Labute approximate surface area is 152 Å². The van der Waals surface area contributed by atoms with Crippen LogP contribution in [0.5, 0.6) is 0 Å². The second-order valence-electron chi connectivity index (χ2n) is 6.39. The van der Waals surface area contributed by atoms with Gasteiger partial charge in [-0.25, -0.2) is 0 Å².